The van der Waals surface area contributed by atoms with Crippen molar-refractivity contribution < 1.29 is 5.11 Å². The SMILES string of the molecule is C=CCN(CCO)CC1Cc2nc[nH]c2CN1. The van der Waals surface area contributed by atoms with Crippen LogP contribution in [0.1, 0.15) is 11.4 Å². The smallest absolute Gasteiger partial charge is 0.0925 e. The van der Waals surface area contributed by atoms with E-state index in [-0.39, 0.29) is 6.61 Å². The molecule has 0 bridgehead atoms. The summed E-state index contributed by atoms with van der Waals surface area (Å²) in [5, 5.41) is 12.5. The Morgan fingerprint density at radius 2 is 2.53 bits per heavy atom. The molecule has 1 aliphatic heterocycles. The summed E-state index contributed by atoms with van der Waals surface area (Å²) in [6, 6.07) is 0.400. The number of imidazole rings is 1. The van der Waals surface area contributed by atoms with Crippen LogP contribution in [0.4, 0.5) is 0 Å². The van der Waals surface area contributed by atoms with Gasteiger partial charge in [0.1, 0.15) is 0 Å². The molecule has 17 heavy (non-hydrogen) atoms. The summed E-state index contributed by atoms with van der Waals surface area (Å²) < 4.78 is 0. The van der Waals surface area contributed by atoms with Crippen LogP contribution in [-0.4, -0.2) is 52.3 Å². The number of nitrogens with one attached hydrogen (secondary N) is 2. The molecule has 0 spiro atoms. The first kappa shape index (κ1) is 12.3. The summed E-state index contributed by atoms with van der Waals surface area (Å²) in [5.41, 5.74) is 2.36. The summed E-state index contributed by atoms with van der Waals surface area (Å²) in [6.45, 7) is 7.20. The van der Waals surface area contributed by atoms with E-state index < -0.39 is 0 Å². The summed E-state index contributed by atoms with van der Waals surface area (Å²) >= 11 is 0. The Kier molecular flexibility index (Phi) is 4.30. The molecule has 94 valence electrons. The van der Waals surface area contributed by atoms with E-state index in [2.05, 4.69) is 26.8 Å². The minimum absolute atomic E-state index is 0.189. The number of aliphatic hydroxyl groups is 1. The van der Waals surface area contributed by atoms with E-state index >= 15 is 0 Å². The first-order valence-corrected chi connectivity index (χ1v) is 6.02. The van der Waals surface area contributed by atoms with Gasteiger partial charge < -0.3 is 15.4 Å². The molecule has 0 aliphatic carbocycles. The molecule has 5 heteroatoms. The first-order valence-electron chi connectivity index (χ1n) is 6.02. The van der Waals surface area contributed by atoms with Crippen molar-refractivity contribution in [2.24, 2.45) is 0 Å². The molecule has 0 amide bonds. The summed E-state index contributed by atoms with van der Waals surface area (Å²) in [7, 11) is 0. The molecule has 2 heterocycles. The number of hydrogen-bond donors (Lipinski definition) is 3. The van der Waals surface area contributed by atoms with Crippen molar-refractivity contribution in [2.75, 3.05) is 26.2 Å². The molecule has 0 saturated heterocycles. The highest BCUT2D eigenvalue weighted by molar-refractivity contribution is 5.16. The number of aliphatic hydroxyl groups excluding tert-OH is 1. The molecular weight excluding hydrogens is 216 g/mol. The fraction of sp³-hybridized carbons (Fsp3) is 0.583. The molecular formula is C12H20N4O. The Morgan fingerprint density at radius 3 is 3.29 bits per heavy atom. The van der Waals surface area contributed by atoms with Crippen molar-refractivity contribution in [3.63, 3.8) is 0 Å². The predicted octanol–water partition coefficient (Wildman–Crippen LogP) is -0.0957. The van der Waals surface area contributed by atoms with Crippen molar-refractivity contribution in [2.45, 2.75) is 19.0 Å². The number of H-pyrrole nitrogens is 1. The van der Waals surface area contributed by atoms with E-state index in [9.17, 15) is 0 Å². The number of fused-ring (bicyclic) bond motifs is 1. The Morgan fingerprint density at radius 1 is 1.65 bits per heavy atom. The van der Waals surface area contributed by atoms with E-state index in [1.165, 1.54) is 5.69 Å². The quantitative estimate of drug-likeness (QED) is 0.604. The van der Waals surface area contributed by atoms with Gasteiger partial charge in [0.25, 0.3) is 0 Å². The van der Waals surface area contributed by atoms with Gasteiger partial charge in [-0.1, -0.05) is 6.08 Å². The van der Waals surface area contributed by atoms with Gasteiger partial charge in [0.15, 0.2) is 0 Å². The Balaban J connectivity index is 1.89. The van der Waals surface area contributed by atoms with Crippen molar-refractivity contribution in [3.05, 3.63) is 30.4 Å². The zero-order valence-electron chi connectivity index (χ0n) is 10.0. The van der Waals surface area contributed by atoms with E-state index in [1.807, 2.05) is 6.08 Å². The van der Waals surface area contributed by atoms with Crippen LogP contribution >= 0.6 is 0 Å². The highest BCUT2D eigenvalue weighted by atomic mass is 16.3. The summed E-state index contributed by atoms with van der Waals surface area (Å²) in [4.78, 5) is 9.66. The second-order valence-electron chi connectivity index (χ2n) is 4.38. The fourth-order valence-corrected chi connectivity index (χ4v) is 2.25. The second-order valence-corrected chi connectivity index (χ2v) is 4.38. The number of aromatic nitrogens is 2. The minimum atomic E-state index is 0.189. The van der Waals surface area contributed by atoms with Crippen LogP contribution in [0, 0.1) is 0 Å². The molecule has 2 rings (SSSR count). The van der Waals surface area contributed by atoms with Crippen LogP contribution in [0.25, 0.3) is 0 Å². The molecule has 1 atom stereocenters. The summed E-state index contributed by atoms with van der Waals surface area (Å²) in [5.74, 6) is 0. The van der Waals surface area contributed by atoms with Crippen molar-refractivity contribution >= 4 is 0 Å². The van der Waals surface area contributed by atoms with Crippen LogP contribution < -0.4 is 5.32 Å². The van der Waals surface area contributed by atoms with Crippen LogP contribution in [0.2, 0.25) is 0 Å². The molecule has 1 aromatic rings. The standard InChI is InChI=1S/C12H20N4O/c1-2-3-16(4-5-17)8-10-6-11-12(7-13-10)15-9-14-11/h2,9-10,13,17H,1,3-8H2,(H,14,15). The molecule has 0 aromatic carbocycles. The van der Waals surface area contributed by atoms with Gasteiger partial charge in [-0.2, -0.15) is 0 Å². The molecule has 0 saturated carbocycles. The Bertz CT molecular complexity index is 363. The normalized spacial score (nSPS) is 19.3. The first-order chi connectivity index (χ1) is 8.33. The maximum atomic E-state index is 9.00. The van der Waals surface area contributed by atoms with E-state index in [4.69, 9.17) is 5.11 Å². The number of hydrogen-bond acceptors (Lipinski definition) is 4. The lowest BCUT2D eigenvalue weighted by Crippen LogP contribution is -2.45. The second kappa shape index (κ2) is 5.95. The van der Waals surface area contributed by atoms with Gasteiger partial charge in [-0.25, -0.2) is 4.98 Å². The van der Waals surface area contributed by atoms with Crippen LogP contribution in [-0.2, 0) is 13.0 Å². The van der Waals surface area contributed by atoms with Crippen LogP contribution in [0.3, 0.4) is 0 Å². The maximum Gasteiger partial charge on any atom is 0.0925 e. The zero-order valence-corrected chi connectivity index (χ0v) is 10.0. The maximum absolute atomic E-state index is 9.00. The van der Waals surface area contributed by atoms with Gasteiger partial charge in [-0.3, -0.25) is 4.90 Å². The molecule has 3 N–H and O–H groups in total. The lowest BCUT2D eigenvalue weighted by molar-refractivity contribution is 0.191. The van der Waals surface area contributed by atoms with E-state index in [0.29, 0.717) is 12.6 Å². The molecule has 0 radical (unpaired) electrons. The minimum Gasteiger partial charge on any atom is -0.395 e. The third-order valence-electron chi connectivity index (χ3n) is 3.10. The highest BCUT2D eigenvalue weighted by Crippen LogP contribution is 2.12. The third kappa shape index (κ3) is 3.15. The van der Waals surface area contributed by atoms with Gasteiger partial charge in [0.2, 0.25) is 0 Å². The highest BCUT2D eigenvalue weighted by Gasteiger charge is 2.21. The van der Waals surface area contributed by atoms with E-state index in [1.54, 1.807) is 6.33 Å². The van der Waals surface area contributed by atoms with Gasteiger partial charge >= 0.3 is 0 Å². The number of aromatic amines is 1. The van der Waals surface area contributed by atoms with E-state index in [0.717, 1.165) is 31.7 Å². The van der Waals surface area contributed by atoms with Crippen LogP contribution in [0.5, 0.6) is 0 Å². The third-order valence-corrected chi connectivity index (χ3v) is 3.10. The largest absolute Gasteiger partial charge is 0.395 e. The predicted molar refractivity (Wildman–Crippen MR) is 66.6 cm³/mol. The Labute approximate surface area is 102 Å². The topological polar surface area (TPSA) is 64.2 Å². The molecule has 5 nitrogen and oxygen atoms in total. The van der Waals surface area contributed by atoms with Crippen molar-refractivity contribution in [1.82, 2.24) is 20.2 Å². The molecule has 1 aliphatic rings. The molecule has 0 fully saturated rings. The Hall–Kier alpha value is -1.17. The van der Waals surface area contributed by atoms with Crippen molar-refractivity contribution in [1.29, 1.82) is 0 Å². The van der Waals surface area contributed by atoms with Gasteiger partial charge in [0, 0.05) is 38.6 Å². The average molecular weight is 236 g/mol. The van der Waals surface area contributed by atoms with Crippen molar-refractivity contribution in [3.8, 4) is 0 Å². The fourth-order valence-electron chi connectivity index (χ4n) is 2.25. The average Bonchev–Trinajstić information content (AvgIpc) is 2.77. The zero-order chi connectivity index (χ0) is 12.1. The summed E-state index contributed by atoms with van der Waals surface area (Å²) in [6.07, 6.45) is 4.57. The van der Waals surface area contributed by atoms with Gasteiger partial charge in [-0.05, 0) is 0 Å². The molecule has 1 unspecified atom stereocenters. The monoisotopic (exact) mass is 236 g/mol. The lowest BCUT2D eigenvalue weighted by atomic mass is 10.0. The number of rotatable bonds is 6. The van der Waals surface area contributed by atoms with Crippen LogP contribution in [0.15, 0.2) is 19.0 Å². The molecule has 1 aromatic heterocycles. The number of nitrogens with zero attached hydrogens (tertiary/aromatic N) is 2. The van der Waals surface area contributed by atoms with Gasteiger partial charge in [0.05, 0.1) is 24.3 Å². The van der Waals surface area contributed by atoms with Gasteiger partial charge in [-0.15, -0.1) is 6.58 Å². The lowest BCUT2D eigenvalue weighted by Gasteiger charge is -2.29.